The van der Waals surface area contributed by atoms with Gasteiger partial charge in [0.15, 0.2) is 11.5 Å². The molecule has 0 radical (unpaired) electrons. The van der Waals surface area contributed by atoms with Crippen LogP contribution in [0.3, 0.4) is 0 Å². The van der Waals surface area contributed by atoms with Crippen LogP contribution in [-0.2, 0) is 13.1 Å². The molecule has 0 atom stereocenters. The van der Waals surface area contributed by atoms with E-state index in [1.807, 2.05) is 69.6 Å². The molecule has 4 aromatic rings. The van der Waals surface area contributed by atoms with Gasteiger partial charge in [0.25, 0.3) is 5.91 Å². The van der Waals surface area contributed by atoms with Gasteiger partial charge >= 0.3 is 0 Å². The zero-order valence-corrected chi connectivity index (χ0v) is 17.5. The number of hydrogen-bond donors (Lipinski definition) is 1. The van der Waals surface area contributed by atoms with Crippen molar-refractivity contribution in [1.82, 2.24) is 19.9 Å². The smallest absolute Gasteiger partial charge is 0.272 e. The molecule has 0 saturated heterocycles. The van der Waals surface area contributed by atoms with Crippen LogP contribution in [0, 0.1) is 13.8 Å². The van der Waals surface area contributed by atoms with E-state index in [1.165, 1.54) is 5.56 Å². The van der Waals surface area contributed by atoms with Crippen molar-refractivity contribution in [3.8, 4) is 0 Å². The Hall–Kier alpha value is -3.67. The lowest BCUT2D eigenvalue weighted by atomic mass is 10.1. The van der Waals surface area contributed by atoms with Crippen LogP contribution in [0.15, 0.2) is 66.9 Å². The molecule has 6 nitrogen and oxygen atoms in total. The van der Waals surface area contributed by atoms with Crippen molar-refractivity contribution < 1.29 is 4.79 Å². The van der Waals surface area contributed by atoms with Crippen molar-refractivity contribution in [3.63, 3.8) is 0 Å². The Balaban J connectivity index is 1.58. The van der Waals surface area contributed by atoms with Crippen molar-refractivity contribution >= 4 is 17.2 Å². The Kier molecular flexibility index (Phi) is 5.48. The van der Waals surface area contributed by atoms with Gasteiger partial charge in [0.05, 0.1) is 11.9 Å². The third-order valence-electron chi connectivity index (χ3n) is 5.11. The molecule has 0 aliphatic carbocycles. The predicted molar refractivity (Wildman–Crippen MR) is 119 cm³/mol. The Morgan fingerprint density at radius 2 is 1.80 bits per heavy atom. The Morgan fingerprint density at radius 3 is 2.57 bits per heavy atom. The summed E-state index contributed by atoms with van der Waals surface area (Å²) in [7, 11) is 2.00. The van der Waals surface area contributed by atoms with Gasteiger partial charge in [0.2, 0.25) is 0 Å². The van der Waals surface area contributed by atoms with Crippen LogP contribution >= 0.6 is 0 Å². The summed E-state index contributed by atoms with van der Waals surface area (Å²) >= 11 is 0. The lowest BCUT2D eigenvalue weighted by molar-refractivity contribution is 0.0945. The van der Waals surface area contributed by atoms with E-state index in [1.54, 1.807) is 10.6 Å². The van der Waals surface area contributed by atoms with E-state index in [4.69, 9.17) is 4.98 Å². The van der Waals surface area contributed by atoms with Crippen LogP contribution in [0.5, 0.6) is 0 Å². The van der Waals surface area contributed by atoms with E-state index in [2.05, 4.69) is 27.4 Å². The summed E-state index contributed by atoms with van der Waals surface area (Å²) in [5, 5.41) is 7.47. The minimum absolute atomic E-state index is 0.198. The van der Waals surface area contributed by atoms with E-state index >= 15 is 0 Å². The number of amides is 1. The molecule has 2 heterocycles. The van der Waals surface area contributed by atoms with Gasteiger partial charge in [-0.15, -0.1) is 0 Å². The number of aromatic nitrogens is 3. The highest BCUT2D eigenvalue weighted by Gasteiger charge is 2.17. The third kappa shape index (κ3) is 4.17. The summed E-state index contributed by atoms with van der Waals surface area (Å²) in [5.74, 6) is 0.598. The van der Waals surface area contributed by atoms with Crippen LogP contribution in [0.1, 0.15) is 32.9 Å². The van der Waals surface area contributed by atoms with Gasteiger partial charge in [-0.05, 0) is 30.5 Å². The monoisotopic (exact) mass is 399 g/mol. The van der Waals surface area contributed by atoms with E-state index in [-0.39, 0.29) is 5.91 Å². The van der Waals surface area contributed by atoms with Crippen molar-refractivity contribution in [1.29, 1.82) is 0 Å². The van der Waals surface area contributed by atoms with Crippen LogP contribution in [0.2, 0.25) is 0 Å². The van der Waals surface area contributed by atoms with Crippen LogP contribution < -0.4 is 10.2 Å². The van der Waals surface area contributed by atoms with E-state index < -0.39 is 0 Å². The number of hydrogen-bond acceptors (Lipinski definition) is 4. The molecule has 0 saturated carbocycles. The van der Waals surface area contributed by atoms with E-state index in [9.17, 15) is 4.79 Å². The van der Waals surface area contributed by atoms with Gasteiger partial charge in [-0.25, -0.2) is 9.50 Å². The standard InChI is InChI=1S/C24H25N5O/c1-17-9-7-8-12-20(17)14-25-24(30)21-13-22-23(26-18(2)15-29(22)27-21)28(3)16-19-10-5-4-6-11-19/h4-13,15H,14,16H2,1-3H3,(H,25,30). The summed E-state index contributed by atoms with van der Waals surface area (Å²) in [6.45, 7) is 5.15. The molecule has 0 fully saturated rings. The zero-order chi connectivity index (χ0) is 21.1. The summed E-state index contributed by atoms with van der Waals surface area (Å²) < 4.78 is 1.74. The summed E-state index contributed by atoms with van der Waals surface area (Å²) in [6.07, 6.45) is 1.84. The van der Waals surface area contributed by atoms with Gasteiger partial charge in [0.1, 0.15) is 5.52 Å². The maximum atomic E-state index is 12.7. The molecule has 0 aliphatic heterocycles. The van der Waals surface area contributed by atoms with Crippen molar-refractivity contribution in [2.24, 2.45) is 0 Å². The largest absolute Gasteiger partial charge is 0.354 e. The van der Waals surface area contributed by atoms with Gasteiger partial charge in [-0.3, -0.25) is 4.79 Å². The Labute approximate surface area is 176 Å². The first kappa shape index (κ1) is 19.6. The average Bonchev–Trinajstić information content (AvgIpc) is 3.17. The highest BCUT2D eigenvalue weighted by molar-refractivity contribution is 5.94. The zero-order valence-electron chi connectivity index (χ0n) is 17.5. The number of nitrogens with zero attached hydrogens (tertiary/aromatic N) is 4. The molecule has 4 rings (SSSR count). The van der Waals surface area contributed by atoms with Crippen molar-refractivity contribution in [2.45, 2.75) is 26.9 Å². The maximum Gasteiger partial charge on any atom is 0.272 e. The maximum absolute atomic E-state index is 12.7. The predicted octanol–water partition coefficient (Wildman–Crippen LogP) is 3.91. The number of nitrogens with one attached hydrogen (secondary N) is 1. The number of rotatable bonds is 6. The molecule has 2 aromatic carbocycles. The number of carbonyl (C=O) groups is 1. The van der Waals surface area contributed by atoms with Crippen LogP contribution in [0.4, 0.5) is 5.82 Å². The fourth-order valence-corrected chi connectivity index (χ4v) is 3.49. The fourth-order valence-electron chi connectivity index (χ4n) is 3.49. The third-order valence-corrected chi connectivity index (χ3v) is 5.11. The highest BCUT2D eigenvalue weighted by atomic mass is 16.1. The Bertz CT molecular complexity index is 1180. The van der Waals surface area contributed by atoms with Crippen LogP contribution in [-0.4, -0.2) is 27.6 Å². The molecular formula is C24H25N5O. The second-order valence-corrected chi connectivity index (χ2v) is 7.52. The van der Waals surface area contributed by atoms with Gasteiger partial charge in [-0.1, -0.05) is 54.6 Å². The lowest BCUT2D eigenvalue weighted by Crippen LogP contribution is -2.23. The second kappa shape index (κ2) is 8.37. The molecule has 0 aliphatic rings. The topological polar surface area (TPSA) is 62.5 Å². The lowest BCUT2D eigenvalue weighted by Gasteiger charge is -2.19. The van der Waals surface area contributed by atoms with Gasteiger partial charge in [-0.2, -0.15) is 5.10 Å². The molecule has 0 unspecified atom stereocenters. The minimum Gasteiger partial charge on any atom is -0.354 e. The van der Waals surface area contributed by atoms with E-state index in [0.717, 1.165) is 28.2 Å². The van der Waals surface area contributed by atoms with Crippen molar-refractivity contribution in [2.75, 3.05) is 11.9 Å². The first-order valence-electron chi connectivity index (χ1n) is 9.96. The van der Waals surface area contributed by atoms with Crippen molar-refractivity contribution in [3.05, 3.63) is 94.9 Å². The van der Waals surface area contributed by atoms with Gasteiger partial charge in [0, 0.05) is 26.2 Å². The average molecular weight is 399 g/mol. The quantitative estimate of drug-likeness (QED) is 0.534. The second-order valence-electron chi connectivity index (χ2n) is 7.52. The number of carbonyl (C=O) groups excluding carboxylic acids is 1. The number of anilines is 1. The summed E-state index contributed by atoms with van der Waals surface area (Å²) in [4.78, 5) is 19.5. The molecule has 2 aromatic heterocycles. The molecule has 30 heavy (non-hydrogen) atoms. The number of benzene rings is 2. The molecular weight excluding hydrogens is 374 g/mol. The summed E-state index contributed by atoms with van der Waals surface area (Å²) in [5.41, 5.74) is 5.46. The highest BCUT2D eigenvalue weighted by Crippen LogP contribution is 2.22. The number of fused-ring (bicyclic) bond motifs is 1. The fraction of sp³-hybridized carbons (Fsp3) is 0.208. The molecule has 6 heteroatoms. The Morgan fingerprint density at radius 1 is 1.07 bits per heavy atom. The summed E-state index contributed by atoms with van der Waals surface area (Å²) in [6, 6.07) is 20.1. The van der Waals surface area contributed by atoms with E-state index in [0.29, 0.717) is 18.8 Å². The first-order valence-corrected chi connectivity index (χ1v) is 9.96. The van der Waals surface area contributed by atoms with Crippen LogP contribution in [0.25, 0.3) is 5.52 Å². The molecule has 0 spiro atoms. The van der Waals surface area contributed by atoms with Gasteiger partial charge < -0.3 is 10.2 Å². The number of aryl methyl sites for hydroxylation is 2. The molecule has 0 bridgehead atoms. The molecule has 152 valence electrons. The first-order chi connectivity index (χ1) is 14.5. The minimum atomic E-state index is -0.198. The molecule has 1 amide bonds. The SMILES string of the molecule is Cc1cn2nc(C(=O)NCc3ccccc3C)cc2c(N(C)Cc2ccccc2)n1. The molecule has 1 N–H and O–H groups in total. The normalized spacial score (nSPS) is 10.9.